The zero-order valence-corrected chi connectivity index (χ0v) is 8.65. The van der Waals surface area contributed by atoms with E-state index in [1.165, 1.54) is 0 Å². The van der Waals surface area contributed by atoms with Crippen LogP contribution in [0, 0.1) is 11.6 Å². The minimum atomic E-state index is -1.45. The Balaban J connectivity index is 2.89. The number of hydrogen-bond acceptors (Lipinski definition) is 3. The van der Waals surface area contributed by atoms with Crippen molar-refractivity contribution in [1.82, 2.24) is 4.98 Å². The molecule has 0 fully saturated rings. The summed E-state index contributed by atoms with van der Waals surface area (Å²) in [5.74, 6) is -5.36. The summed E-state index contributed by atoms with van der Waals surface area (Å²) in [5, 5.41) is 17.5. The first kappa shape index (κ1) is 11.9. The summed E-state index contributed by atoms with van der Waals surface area (Å²) in [6.45, 7) is 0. The number of benzene rings is 1. The maximum absolute atomic E-state index is 13.0. The molecule has 0 radical (unpaired) electrons. The lowest BCUT2D eigenvalue weighted by Gasteiger charge is -2.05. The van der Waals surface area contributed by atoms with Gasteiger partial charge < -0.3 is 10.2 Å². The van der Waals surface area contributed by atoms with E-state index in [1.54, 1.807) is 0 Å². The van der Waals surface area contributed by atoms with Crippen molar-refractivity contribution in [1.29, 1.82) is 0 Å². The predicted octanol–water partition coefficient (Wildman–Crippen LogP) is 1.91. The van der Waals surface area contributed by atoms with E-state index >= 15 is 0 Å². The monoisotopic (exact) mass is 253 g/mol. The van der Waals surface area contributed by atoms with Crippen LogP contribution in [0.5, 0.6) is 0 Å². The van der Waals surface area contributed by atoms with Crippen molar-refractivity contribution < 1.29 is 28.6 Å². The Hall–Kier alpha value is -2.57. The van der Waals surface area contributed by atoms with Crippen molar-refractivity contribution in [2.24, 2.45) is 0 Å². The van der Waals surface area contributed by atoms with E-state index in [4.69, 9.17) is 10.2 Å². The first-order valence-corrected chi connectivity index (χ1v) is 4.66. The van der Waals surface area contributed by atoms with E-state index in [0.29, 0.717) is 12.1 Å². The fourth-order valence-electron chi connectivity index (χ4n) is 1.51. The molecule has 18 heavy (non-hydrogen) atoms. The standard InChI is InChI=1S/C11H5F2NO4/c12-6-1-4-5(10(15)16)2-9(11(17)18)14-8(4)3-7(6)13/h1-3H,(H,15,16)(H,17,18). The van der Waals surface area contributed by atoms with Crippen molar-refractivity contribution >= 4 is 22.8 Å². The Morgan fingerprint density at radius 3 is 2.17 bits per heavy atom. The molecular formula is C11H5F2NO4. The highest BCUT2D eigenvalue weighted by Crippen LogP contribution is 2.22. The zero-order chi connectivity index (χ0) is 13.4. The van der Waals surface area contributed by atoms with Crippen molar-refractivity contribution in [3.63, 3.8) is 0 Å². The summed E-state index contributed by atoms with van der Waals surface area (Å²) in [4.78, 5) is 25.2. The van der Waals surface area contributed by atoms with Gasteiger partial charge in [0, 0.05) is 11.5 Å². The third-order valence-corrected chi connectivity index (χ3v) is 2.30. The van der Waals surface area contributed by atoms with Gasteiger partial charge in [0.05, 0.1) is 11.1 Å². The molecule has 0 spiro atoms. The van der Waals surface area contributed by atoms with Gasteiger partial charge in [-0.1, -0.05) is 0 Å². The van der Waals surface area contributed by atoms with E-state index in [-0.39, 0.29) is 10.9 Å². The minimum absolute atomic E-state index is 0.161. The topological polar surface area (TPSA) is 87.5 Å². The van der Waals surface area contributed by atoms with Gasteiger partial charge in [-0.3, -0.25) is 0 Å². The highest BCUT2D eigenvalue weighted by Gasteiger charge is 2.17. The highest BCUT2D eigenvalue weighted by molar-refractivity contribution is 6.04. The van der Waals surface area contributed by atoms with Crippen molar-refractivity contribution in [3.8, 4) is 0 Å². The minimum Gasteiger partial charge on any atom is -0.478 e. The van der Waals surface area contributed by atoms with E-state index in [9.17, 15) is 18.4 Å². The molecule has 0 atom stereocenters. The van der Waals surface area contributed by atoms with Crippen molar-refractivity contribution in [3.05, 3.63) is 41.1 Å². The molecule has 0 aliphatic carbocycles. The van der Waals surface area contributed by atoms with Gasteiger partial charge in [-0.2, -0.15) is 0 Å². The number of carbonyl (C=O) groups is 2. The number of aromatic nitrogens is 1. The molecule has 2 aromatic rings. The Bertz CT molecular complexity index is 684. The molecule has 0 saturated carbocycles. The van der Waals surface area contributed by atoms with Crippen LogP contribution in [-0.2, 0) is 0 Å². The lowest BCUT2D eigenvalue weighted by Crippen LogP contribution is -2.07. The smallest absolute Gasteiger partial charge is 0.354 e. The van der Waals surface area contributed by atoms with Gasteiger partial charge in [-0.25, -0.2) is 23.4 Å². The molecule has 5 nitrogen and oxygen atoms in total. The van der Waals surface area contributed by atoms with Gasteiger partial charge >= 0.3 is 11.9 Å². The third-order valence-electron chi connectivity index (χ3n) is 2.30. The molecule has 0 aliphatic heterocycles. The van der Waals surface area contributed by atoms with Crippen LogP contribution in [0.2, 0.25) is 0 Å². The fourth-order valence-corrected chi connectivity index (χ4v) is 1.51. The van der Waals surface area contributed by atoms with Crippen LogP contribution in [-0.4, -0.2) is 27.1 Å². The zero-order valence-electron chi connectivity index (χ0n) is 8.65. The molecule has 2 rings (SSSR count). The first-order chi connectivity index (χ1) is 8.40. The predicted molar refractivity (Wildman–Crippen MR) is 55.6 cm³/mol. The molecular weight excluding hydrogens is 248 g/mol. The Morgan fingerprint density at radius 2 is 1.61 bits per heavy atom. The molecule has 0 aliphatic rings. The molecule has 7 heteroatoms. The second-order valence-corrected chi connectivity index (χ2v) is 3.45. The molecule has 1 aromatic heterocycles. The highest BCUT2D eigenvalue weighted by atomic mass is 19.2. The molecule has 0 unspecified atom stereocenters. The van der Waals surface area contributed by atoms with Gasteiger partial charge in [0.25, 0.3) is 0 Å². The molecule has 92 valence electrons. The number of pyridine rings is 1. The number of hydrogen-bond donors (Lipinski definition) is 2. The normalized spacial score (nSPS) is 10.6. The van der Waals surface area contributed by atoms with Crippen LogP contribution in [0.25, 0.3) is 10.9 Å². The van der Waals surface area contributed by atoms with E-state index < -0.39 is 34.8 Å². The summed E-state index contributed by atoms with van der Waals surface area (Å²) >= 11 is 0. The number of halogens is 2. The number of carboxylic acid groups (broad SMARTS) is 2. The average molecular weight is 253 g/mol. The fraction of sp³-hybridized carbons (Fsp3) is 0. The third kappa shape index (κ3) is 1.86. The Morgan fingerprint density at radius 1 is 1.00 bits per heavy atom. The SMILES string of the molecule is O=C(O)c1cc(C(=O)O)c2cc(F)c(F)cc2n1. The second-order valence-electron chi connectivity index (χ2n) is 3.45. The van der Waals surface area contributed by atoms with Crippen LogP contribution >= 0.6 is 0 Å². The Labute approximate surface area is 98.3 Å². The van der Waals surface area contributed by atoms with Crippen LogP contribution in [0.15, 0.2) is 18.2 Å². The van der Waals surface area contributed by atoms with Crippen LogP contribution < -0.4 is 0 Å². The van der Waals surface area contributed by atoms with Crippen molar-refractivity contribution in [2.75, 3.05) is 0 Å². The number of nitrogens with zero attached hydrogens (tertiary/aromatic N) is 1. The summed E-state index contributed by atoms with van der Waals surface area (Å²) in [5.41, 5.74) is -1.23. The Kier molecular flexibility index (Phi) is 2.66. The average Bonchev–Trinajstić information content (AvgIpc) is 2.29. The summed E-state index contributed by atoms with van der Waals surface area (Å²) < 4.78 is 26.0. The molecule has 0 saturated heterocycles. The molecule has 1 aromatic carbocycles. The van der Waals surface area contributed by atoms with Crippen LogP contribution in [0.1, 0.15) is 20.8 Å². The largest absolute Gasteiger partial charge is 0.478 e. The number of carboxylic acids is 2. The van der Waals surface area contributed by atoms with E-state index in [1.807, 2.05) is 0 Å². The maximum Gasteiger partial charge on any atom is 0.354 e. The molecule has 0 bridgehead atoms. The molecule has 1 heterocycles. The number of aromatic carboxylic acids is 2. The van der Waals surface area contributed by atoms with Crippen LogP contribution in [0.3, 0.4) is 0 Å². The van der Waals surface area contributed by atoms with E-state index in [0.717, 1.165) is 6.07 Å². The van der Waals surface area contributed by atoms with Crippen molar-refractivity contribution in [2.45, 2.75) is 0 Å². The lowest BCUT2D eigenvalue weighted by molar-refractivity contribution is 0.0691. The number of rotatable bonds is 2. The molecule has 2 N–H and O–H groups in total. The van der Waals surface area contributed by atoms with Gasteiger partial charge in [-0.15, -0.1) is 0 Å². The quantitative estimate of drug-likeness (QED) is 0.853. The first-order valence-electron chi connectivity index (χ1n) is 4.66. The van der Waals surface area contributed by atoms with E-state index in [2.05, 4.69) is 4.98 Å². The van der Waals surface area contributed by atoms with Gasteiger partial charge in [0.2, 0.25) is 0 Å². The number of fused-ring (bicyclic) bond motifs is 1. The summed E-state index contributed by atoms with van der Waals surface area (Å²) in [6.07, 6.45) is 0. The molecule has 0 amide bonds. The van der Waals surface area contributed by atoms with Gasteiger partial charge in [-0.05, 0) is 12.1 Å². The summed E-state index contributed by atoms with van der Waals surface area (Å²) in [7, 11) is 0. The van der Waals surface area contributed by atoms with Gasteiger partial charge in [0.1, 0.15) is 5.69 Å². The van der Waals surface area contributed by atoms with Gasteiger partial charge in [0.15, 0.2) is 11.6 Å². The lowest BCUT2D eigenvalue weighted by atomic mass is 10.1. The second kappa shape index (κ2) is 4.02. The summed E-state index contributed by atoms with van der Waals surface area (Å²) in [6, 6.07) is 2.13. The van der Waals surface area contributed by atoms with Crippen LogP contribution in [0.4, 0.5) is 8.78 Å². The maximum atomic E-state index is 13.0.